The molecule has 0 aliphatic heterocycles. The number of phenols is 1. The highest BCUT2D eigenvalue weighted by atomic mass is 16.6. The lowest BCUT2D eigenvalue weighted by molar-refractivity contribution is -0.393. The maximum atomic E-state index is 12.6. The number of hydrogen-bond acceptors (Lipinski definition) is 9. The maximum Gasteiger partial charge on any atom is 0.338 e. The van der Waals surface area contributed by atoms with Gasteiger partial charge in [0.2, 0.25) is 0 Å². The van der Waals surface area contributed by atoms with Crippen LogP contribution < -0.4 is 0 Å². The number of non-ortho nitro benzene ring substituents is 2. The molecular formula is C22H13N3O9. The molecule has 3 aromatic carbocycles. The van der Waals surface area contributed by atoms with Crippen LogP contribution in [0.25, 0.3) is 22.8 Å². The van der Waals surface area contributed by atoms with Crippen molar-refractivity contribution in [2.24, 2.45) is 0 Å². The number of nitro benzene ring substituents is 3. The van der Waals surface area contributed by atoms with E-state index in [0.29, 0.717) is 0 Å². The van der Waals surface area contributed by atoms with Gasteiger partial charge in [-0.15, -0.1) is 0 Å². The van der Waals surface area contributed by atoms with Gasteiger partial charge in [-0.25, -0.2) is 4.79 Å². The Bertz CT molecular complexity index is 1460. The van der Waals surface area contributed by atoms with Crippen molar-refractivity contribution in [3.63, 3.8) is 0 Å². The van der Waals surface area contributed by atoms with Crippen molar-refractivity contribution in [3.8, 4) is 16.9 Å². The molecule has 0 radical (unpaired) electrons. The molecule has 4 rings (SSSR count). The van der Waals surface area contributed by atoms with E-state index in [1.165, 1.54) is 18.2 Å². The van der Waals surface area contributed by atoms with Gasteiger partial charge in [-0.1, -0.05) is 18.2 Å². The second kappa shape index (κ2) is 8.09. The maximum absolute atomic E-state index is 12.6. The zero-order valence-electron chi connectivity index (χ0n) is 17.3. The van der Waals surface area contributed by atoms with E-state index in [2.05, 4.69) is 0 Å². The molecule has 0 aromatic heterocycles. The number of para-hydroxylation sites is 1. The predicted molar refractivity (Wildman–Crippen MR) is 118 cm³/mol. The second-order valence-corrected chi connectivity index (χ2v) is 7.18. The average molecular weight is 463 g/mol. The molecular weight excluding hydrogens is 450 g/mol. The largest absolute Gasteiger partial charge is 0.507 e. The number of phenolic OH excluding ortho intramolecular Hbond substituents is 1. The number of hydrogen-bond donors (Lipinski definition) is 1. The van der Waals surface area contributed by atoms with Gasteiger partial charge in [0.1, 0.15) is 5.75 Å². The van der Waals surface area contributed by atoms with Gasteiger partial charge in [0.25, 0.3) is 17.1 Å². The summed E-state index contributed by atoms with van der Waals surface area (Å²) in [5.41, 5.74) is -1.79. The van der Waals surface area contributed by atoms with Crippen LogP contribution in [-0.2, 0) is 4.74 Å². The molecule has 1 aliphatic carbocycles. The minimum Gasteiger partial charge on any atom is -0.507 e. The summed E-state index contributed by atoms with van der Waals surface area (Å²) in [6.07, 6.45) is 1.39. The highest BCUT2D eigenvalue weighted by Gasteiger charge is 2.38. The van der Waals surface area contributed by atoms with E-state index in [0.717, 1.165) is 31.4 Å². The van der Waals surface area contributed by atoms with Crippen LogP contribution in [0.5, 0.6) is 5.75 Å². The van der Waals surface area contributed by atoms with Gasteiger partial charge in [-0.3, -0.25) is 30.3 Å². The predicted octanol–water partition coefficient (Wildman–Crippen LogP) is 4.47. The lowest BCUT2D eigenvalue weighted by atomic mass is 9.96. The molecule has 0 unspecified atom stereocenters. The molecule has 0 atom stereocenters. The Morgan fingerprint density at radius 1 is 0.882 bits per heavy atom. The fraction of sp³-hybridized carbons (Fsp3) is 0.0455. The van der Waals surface area contributed by atoms with E-state index < -0.39 is 37.8 Å². The van der Waals surface area contributed by atoms with Crippen LogP contribution in [0.4, 0.5) is 17.1 Å². The Hall–Kier alpha value is -5.13. The van der Waals surface area contributed by atoms with Crippen molar-refractivity contribution in [1.29, 1.82) is 0 Å². The van der Waals surface area contributed by atoms with Crippen LogP contribution in [-0.4, -0.2) is 33.0 Å². The summed E-state index contributed by atoms with van der Waals surface area (Å²) in [7, 11) is 1.05. The molecule has 3 aromatic rings. The number of carbonyl (C=O) groups excluding carboxylic acids is 1. The lowest BCUT2D eigenvalue weighted by Crippen LogP contribution is -2.06. The van der Waals surface area contributed by atoms with E-state index in [9.17, 15) is 40.2 Å². The van der Waals surface area contributed by atoms with Crippen LogP contribution in [0, 0.1) is 30.3 Å². The third-order valence-electron chi connectivity index (χ3n) is 5.32. The molecule has 1 N–H and O–H groups in total. The fourth-order valence-corrected chi connectivity index (χ4v) is 3.89. The minimum absolute atomic E-state index is 0.00445. The van der Waals surface area contributed by atoms with Crippen LogP contribution in [0.1, 0.15) is 27.0 Å². The summed E-state index contributed by atoms with van der Waals surface area (Å²) in [4.78, 5) is 45.1. The highest BCUT2D eigenvalue weighted by molar-refractivity contribution is 6.15. The summed E-state index contributed by atoms with van der Waals surface area (Å²) < 4.78 is 4.75. The summed E-state index contributed by atoms with van der Waals surface area (Å²) in [6.45, 7) is 0. The Morgan fingerprint density at radius 2 is 1.47 bits per heavy atom. The van der Waals surface area contributed by atoms with Gasteiger partial charge in [-0.2, -0.15) is 0 Å². The molecule has 12 nitrogen and oxygen atoms in total. The first-order valence-corrected chi connectivity index (χ1v) is 9.52. The van der Waals surface area contributed by atoms with Gasteiger partial charge in [0, 0.05) is 34.9 Å². The lowest BCUT2D eigenvalue weighted by Gasteiger charge is -2.08. The fourth-order valence-electron chi connectivity index (χ4n) is 3.89. The highest BCUT2D eigenvalue weighted by Crippen LogP contribution is 2.53. The summed E-state index contributed by atoms with van der Waals surface area (Å²) in [5.74, 6) is -1.15. The van der Waals surface area contributed by atoms with Crippen molar-refractivity contribution in [2.75, 3.05) is 7.11 Å². The zero-order chi connectivity index (χ0) is 24.7. The van der Waals surface area contributed by atoms with Crippen molar-refractivity contribution < 1.29 is 29.4 Å². The van der Waals surface area contributed by atoms with Gasteiger partial charge in [0.05, 0.1) is 39.1 Å². The van der Waals surface area contributed by atoms with Crippen molar-refractivity contribution in [1.82, 2.24) is 0 Å². The number of fused-ring (bicyclic) bond motifs is 3. The van der Waals surface area contributed by atoms with E-state index >= 15 is 0 Å². The number of carbonyl (C=O) groups is 1. The van der Waals surface area contributed by atoms with Crippen molar-refractivity contribution in [2.45, 2.75) is 0 Å². The smallest absolute Gasteiger partial charge is 0.338 e. The number of esters is 1. The second-order valence-electron chi connectivity index (χ2n) is 7.18. The van der Waals surface area contributed by atoms with E-state index in [4.69, 9.17) is 4.74 Å². The zero-order valence-corrected chi connectivity index (χ0v) is 17.3. The van der Waals surface area contributed by atoms with E-state index in [1.54, 1.807) is 12.1 Å². The van der Waals surface area contributed by atoms with Gasteiger partial charge in [0.15, 0.2) is 0 Å². The van der Waals surface area contributed by atoms with Gasteiger partial charge >= 0.3 is 5.97 Å². The van der Waals surface area contributed by atoms with Crippen molar-refractivity contribution >= 4 is 34.7 Å². The van der Waals surface area contributed by atoms with Crippen LogP contribution >= 0.6 is 0 Å². The van der Waals surface area contributed by atoms with E-state index in [1.807, 2.05) is 0 Å². The molecule has 34 heavy (non-hydrogen) atoms. The molecule has 1 aliphatic rings. The molecule has 0 heterocycles. The SMILES string of the molecule is COC(=O)c1cc([N+](=O)[O-])cc2c1-c1c(cc([N+](=O)[O-])cc1[N+](=O)[O-])/C2=C/c1ccccc1O. The minimum atomic E-state index is -0.984. The molecule has 0 fully saturated rings. The van der Waals surface area contributed by atoms with Crippen molar-refractivity contribution in [3.05, 3.63) is 101 Å². The first-order chi connectivity index (χ1) is 16.1. The van der Waals surface area contributed by atoms with Gasteiger partial charge in [-0.05, 0) is 23.3 Å². The Morgan fingerprint density at radius 3 is 2.03 bits per heavy atom. The molecule has 0 saturated carbocycles. The van der Waals surface area contributed by atoms with Gasteiger partial charge < -0.3 is 9.84 Å². The monoisotopic (exact) mass is 463 g/mol. The quantitative estimate of drug-likeness (QED) is 0.254. The number of nitro groups is 3. The molecule has 0 saturated heterocycles. The summed E-state index contributed by atoms with van der Waals surface area (Å²) >= 11 is 0. The first kappa shape index (κ1) is 22.1. The number of methoxy groups -OCH3 is 1. The molecule has 170 valence electrons. The first-order valence-electron chi connectivity index (χ1n) is 9.52. The number of nitrogens with zero attached hydrogens (tertiary/aromatic N) is 3. The van der Waals surface area contributed by atoms with E-state index in [-0.39, 0.29) is 44.7 Å². The Labute approximate surface area is 189 Å². The number of benzene rings is 3. The normalized spacial score (nSPS) is 12.7. The number of rotatable bonds is 5. The molecule has 0 spiro atoms. The average Bonchev–Trinajstić information content (AvgIpc) is 3.12. The molecule has 0 bridgehead atoms. The standard InChI is InChI=1S/C22H13N3O9/c1-34-22(27)17-9-12(23(28)29)7-15-14(6-11-4-2-3-5-19(11)26)16-8-13(24(30)31)10-18(25(32)33)21(16)20(15)17/h2-10,26H,1H3/b14-6+. The molecule has 12 heteroatoms. The Balaban J connectivity index is 2.21. The van der Waals surface area contributed by atoms with Crippen LogP contribution in [0.15, 0.2) is 48.5 Å². The summed E-state index contributed by atoms with van der Waals surface area (Å²) in [6, 6.07) is 9.95. The number of aromatic hydroxyl groups is 1. The van der Waals surface area contributed by atoms with Crippen LogP contribution in [0.3, 0.4) is 0 Å². The topological polar surface area (TPSA) is 176 Å². The third kappa shape index (κ3) is 3.48. The number of ether oxygens (including phenoxy) is 1. The summed E-state index contributed by atoms with van der Waals surface area (Å²) in [5, 5.41) is 45.2. The third-order valence-corrected chi connectivity index (χ3v) is 5.32. The van der Waals surface area contributed by atoms with Crippen LogP contribution in [0.2, 0.25) is 0 Å². The Kier molecular flexibility index (Phi) is 5.25. The molecule has 0 amide bonds.